The van der Waals surface area contributed by atoms with Gasteiger partial charge in [0.05, 0.1) is 6.61 Å². The van der Waals surface area contributed by atoms with Crippen LogP contribution in [-0.2, 0) is 14.8 Å². The predicted octanol–water partition coefficient (Wildman–Crippen LogP) is 1.16. The Labute approximate surface area is 158 Å². The predicted molar refractivity (Wildman–Crippen MR) is 97.3 cm³/mol. The summed E-state index contributed by atoms with van der Waals surface area (Å²) >= 11 is 0. The van der Waals surface area contributed by atoms with E-state index in [0.717, 1.165) is 5.75 Å². The molecule has 27 heavy (non-hydrogen) atoms. The highest BCUT2D eigenvalue weighted by Gasteiger charge is 2.23. The van der Waals surface area contributed by atoms with Gasteiger partial charge in [-0.05, 0) is 45.0 Å². The highest BCUT2D eigenvalue weighted by atomic mass is 32.2. The second-order valence-electron chi connectivity index (χ2n) is 5.59. The molecule has 0 fully saturated rings. The Kier molecular flexibility index (Phi) is 7.19. The quantitative estimate of drug-likeness (QED) is 0.577. The van der Waals surface area contributed by atoms with E-state index in [-0.39, 0.29) is 42.0 Å². The number of nitrogens with one attached hydrogen (secondary N) is 2. The van der Waals surface area contributed by atoms with E-state index in [1.165, 1.54) is 6.92 Å². The lowest BCUT2D eigenvalue weighted by Crippen LogP contribution is -2.37. The molecule has 0 saturated carbocycles. The fourth-order valence-corrected chi connectivity index (χ4v) is 3.67. The van der Waals surface area contributed by atoms with Gasteiger partial charge >= 0.3 is 0 Å². The topological polar surface area (TPSA) is 120 Å². The third-order valence-corrected chi connectivity index (χ3v) is 5.19. The lowest BCUT2D eigenvalue weighted by Gasteiger charge is -2.09. The average molecular weight is 397 g/mol. The van der Waals surface area contributed by atoms with Crippen LogP contribution in [0.25, 0.3) is 0 Å². The zero-order chi connectivity index (χ0) is 19.9. The standard InChI is InChI=1S/C17H23N3O6S/c1-4-24-14-5-7-15(8-6-14)25-11-16(21)18-9-10-19-27(22,23)17-12(2)20-26-13(17)3/h5-8,19H,4,9-11H2,1-3H3,(H,18,21). The van der Waals surface area contributed by atoms with Gasteiger partial charge in [-0.2, -0.15) is 0 Å². The molecule has 0 unspecified atom stereocenters. The maximum atomic E-state index is 12.2. The maximum Gasteiger partial charge on any atom is 0.257 e. The van der Waals surface area contributed by atoms with Gasteiger partial charge in [0.2, 0.25) is 10.0 Å². The van der Waals surface area contributed by atoms with Crippen LogP contribution in [0.15, 0.2) is 33.7 Å². The van der Waals surface area contributed by atoms with Gasteiger partial charge in [-0.1, -0.05) is 5.16 Å². The van der Waals surface area contributed by atoms with Gasteiger partial charge in [-0.15, -0.1) is 0 Å². The van der Waals surface area contributed by atoms with Gasteiger partial charge in [0.15, 0.2) is 12.4 Å². The molecule has 1 heterocycles. The monoisotopic (exact) mass is 397 g/mol. The third kappa shape index (κ3) is 5.97. The summed E-state index contributed by atoms with van der Waals surface area (Å²) in [4.78, 5) is 11.8. The molecule has 0 radical (unpaired) electrons. The van der Waals surface area contributed by atoms with Crippen molar-refractivity contribution in [1.29, 1.82) is 0 Å². The fourth-order valence-electron chi connectivity index (χ4n) is 2.32. The molecule has 9 nitrogen and oxygen atoms in total. The number of benzene rings is 1. The maximum absolute atomic E-state index is 12.2. The summed E-state index contributed by atoms with van der Waals surface area (Å²) in [5, 5.41) is 6.20. The van der Waals surface area contributed by atoms with E-state index in [9.17, 15) is 13.2 Å². The molecule has 0 bridgehead atoms. The Balaban J connectivity index is 1.71. The second kappa shape index (κ2) is 9.38. The first-order chi connectivity index (χ1) is 12.8. The van der Waals surface area contributed by atoms with Crippen molar-refractivity contribution >= 4 is 15.9 Å². The molecule has 10 heteroatoms. The molecule has 2 aromatic rings. The van der Waals surface area contributed by atoms with Crippen molar-refractivity contribution in [2.24, 2.45) is 0 Å². The van der Waals surface area contributed by atoms with E-state index < -0.39 is 10.0 Å². The average Bonchev–Trinajstić information content (AvgIpc) is 2.97. The minimum Gasteiger partial charge on any atom is -0.494 e. The number of hydrogen-bond acceptors (Lipinski definition) is 7. The van der Waals surface area contributed by atoms with Crippen LogP contribution in [0.5, 0.6) is 11.5 Å². The molecular weight excluding hydrogens is 374 g/mol. The van der Waals surface area contributed by atoms with Crippen molar-refractivity contribution in [3.05, 3.63) is 35.7 Å². The number of rotatable bonds is 10. The summed E-state index contributed by atoms with van der Waals surface area (Å²) in [5.74, 6) is 1.11. The number of aryl methyl sites for hydroxylation is 2. The molecule has 0 aliphatic heterocycles. The molecule has 2 rings (SSSR count). The molecule has 1 aromatic heterocycles. The zero-order valence-corrected chi connectivity index (χ0v) is 16.3. The van der Waals surface area contributed by atoms with Crippen molar-refractivity contribution in [1.82, 2.24) is 15.2 Å². The van der Waals surface area contributed by atoms with Crippen LogP contribution in [0.1, 0.15) is 18.4 Å². The van der Waals surface area contributed by atoms with E-state index >= 15 is 0 Å². The summed E-state index contributed by atoms with van der Waals surface area (Å²) in [6.07, 6.45) is 0. The second-order valence-corrected chi connectivity index (χ2v) is 7.30. The zero-order valence-electron chi connectivity index (χ0n) is 15.4. The van der Waals surface area contributed by atoms with Crippen LogP contribution in [0.3, 0.4) is 0 Å². The van der Waals surface area contributed by atoms with Crippen LogP contribution < -0.4 is 19.5 Å². The van der Waals surface area contributed by atoms with Crippen molar-refractivity contribution in [3.8, 4) is 11.5 Å². The number of amides is 1. The van der Waals surface area contributed by atoms with Gasteiger partial charge in [0.25, 0.3) is 5.91 Å². The van der Waals surface area contributed by atoms with Gasteiger partial charge in [0.1, 0.15) is 22.1 Å². The molecule has 0 saturated heterocycles. The first-order valence-corrected chi connectivity index (χ1v) is 9.86. The number of carbonyl (C=O) groups excluding carboxylic acids is 1. The molecule has 1 aromatic carbocycles. The smallest absolute Gasteiger partial charge is 0.257 e. The summed E-state index contributed by atoms with van der Waals surface area (Å²) in [7, 11) is -3.74. The largest absolute Gasteiger partial charge is 0.494 e. The molecular formula is C17H23N3O6S. The van der Waals surface area contributed by atoms with E-state index in [0.29, 0.717) is 12.4 Å². The van der Waals surface area contributed by atoms with E-state index in [2.05, 4.69) is 15.2 Å². The number of hydrogen-bond donors (Lipinski definition) is 2. The van der Waals surface area contributed by atoms with Crippen molar-refractivity contribution in [2.75, 3.05) is 26.3 Å². The summed E-state index contributed by atoms with van der Waals surface area (Å²) in [5.41, 5.74) is 0.285. The van der Waals surface area contributed by atoms with Crippen LogP contribution in [0.4, 0.5) is 0 Å². The first-order valence-electron chi connectivity index (χ1n) is 8.38. The molecule has 0 aliphatic carbocycles. The number of sulfonamides is 1. The van der Waals surface area contributed by atoms with Crippen LogP contribution in [-0.4, -0.2) is 45.8 Å². The Morgan fingerprint density at radius 3 is 2.30 bits per heavy atom. The lowest BCUT2D eigenvalue weighted by atomic mass is 10.3. The number of carbonyl (C=O) groups is 1. The Morgan fingerprint density at radius 2 is 1.74 bits per heavy atom. The Morgan fingerprint density at radius 1 is 1.11 bits per heavy atom. The highest BCUT2D eigenvalue weighted by Crippen LogP contribution is 2.18. The van der Waals surface area contributed by atoms with E-state index in [4.69, 9.17) is 14.0 Å². The Bertz CT molecular complexity index is 842. The summed E-state index contributed by atoms with van der Waals surface area (Å²) < 4.78 is 42.3. The van der Waals surface area contributed by atoms with Crippen molar-refractivity contribution < 1.29 is 27.2 Å². The van der Waals surface area contributed by atoms with Crippen LogP contribution in [0, 0.1) is 13.8 Å². The van der Waals surface area contributed by atoms with E-state index in [1.807, 2.05) is 6.92 Å². The minimum atomic E-state index is -3.74. The third-order valence-electron chi connectivity index (χ3n) is 3.48. The molecule has 2 N–H and O–H groups in total. The van der Waals surface area contributed by atoms with Crippen LogP contribution in [0.2, 0.25) is 0 Å². The van der Waals surface area contributed by atoms with Crippen molar-refractivity contribution in [3.63, 3.8) is 0 Å². The number of ether oxygens (including phenoxy) is 2. The highest BCUT2D eigenvalue weighted by molar-refractivity contribution is 7.89. The molecule has 0 spiro atoms. The first kappa shape index (κ1) is 20.7. The molecule has 148 valence electrons. The lowest BCUT2D eigenvalue weighted by molar-refractivity contribution is -0.123. The van der Waals surface area contributed by atoms with Crippen molar-refractivity contribution in [2.45, 2.75) is 25.7 Å². The number of nitrogens with zero attached hydrogens (tertiary/aromatic N) is 1. The van der Waals surface area contributed by atoms with Crippen LogP contribution >= 0.6 is 0 Å². The molecule has 0 aliphatic rings. The number of aromatic nitrogens is 1. The SMILES string of the molecule is CCOc1ccc(OCC(=O)NCCNS(=O)(=O)c2c(C)noc2C)cc1. The normalized spacial score (nSPS) is 11.2. The van der Waals surface area contributed by atoms with Gasteiger partial charge in [-0.25, -0.2) is 13.1 Å². The van der Waals surface area contributed by atoms with E-state index in [1.54, 1.807) is 31.2 Å². The summed E-state index contributed by atoms with van der Waals surface area (Å²) in [6, 6.07) is 6.91. The minimum absolute atomic E-state index is 0.0210. The van der Waals surface area contributed by atoms with Gasteiger partial charge in [0, 0.05) is 13.1 Å². The van der Waals surface area contributed by atoms with Gasteiger partial charge in [-0.3, -0.25) is 4.79 Å². The molecule has 1 amide bonds. The summed E-state index contributed by atoms with van der Waals surface area (Å²) in [6.45, 7) is 5.51. The Hall–Kier alpha value is -2.59. The molecule has 0 atom stereocenters. The van der Waals surface area contributed by atoms with Gasteiger partial charge < -0.3 is 19.3 Å². The fraction of sp³-hybridized carbons (Fsp3) is 0.412.